The molecule has 2 aliphatic heterocycles. The van der Waals surface area contributed by atoms with Crippen molar-refractivity contribution in [2.75, 3.05) is 18.4 Å². The molecule has 2 saturated heterocycles. The Hall–Kier alpha value is -3.37. The average molecular weight is 504 g/mol. The summed E-state index contributed by atoms with van der Waals surface area (Å²) in [5.41, 5.74) is 1.86. The smallest absolute Gasteiger partial charge is 0.251 e. The summed E-state index contributed by atoms with van der Waals surface area (Å²) in [6, 6.07) is 5.41. The van der Waals surface area contributed by atoms with Crippen molar-refractivity contribution in [3.8, 4) is 0 Å². The SMILES string of the molecule is Cn1nc(C2CCC(=O)NC2=O)c2cccc(NC(=O)CCCCCC(=O)N3CCC(F)(F)CC3)c21. The Bertz CT molecular complexity index is 1170. The fraction of sp³-hybridized carbons (Fsp3) is 0.560. The van der Waals surface area contributed by atoms with Gasteiger partial charge in [-0.15, -0.1) is 0 Å². The van der Waals surface area contributed by atoms with E-state index >= 15 is 0 Å². The van der Waals surface area contributed by atoms with Crippen LogP contribution >= 0.6 is 0 Å². The van der Waals surface area contributed by atoms with Crippen LogP contribution in [0, 0.1) is 0 Å². The molecule has 0 bridgehead atoms. The molecule has 2 N–H and O–H groups in total. The Kier molecular flexibility index (Phi) is 7.65. The van der Waals surface area contributed by atoms with Crippen molar-refractivity contribution in [3.05, 3.63) is 23.9 Å². The lowest BCUT2D eigenvalue weighted by atomic mass is 9.92. The zero-order chi connectivity index (χ0) is 25.9. The second-order valence-electron chi connectivity index (χ2n) is 9.56. The van der Waals surface area contributed by atoms with E-state index in [1.54, 1.807) is 23.9 Å². The molecule has 1 aromatic carbocycles. The molecule has 2 aliphatic rings. The minimum absolute atomic E-state index is 0.0963. The number of aromatic nitrogens is 2. The first-order valence-electron chi connectivity index (χ1n) is 12.4. The summed E-state index contributed by atoms with van der Waals surface area (Å²) in [5, 5.41) is 10.5. The summed E-state index contributed by atoms with van der Waals surface area (Å²) in [6.07, 6.45) is 2.53. The highest BCUT2D eigenvalue weighted by Crippen LogP contribution is 2.33. The number of halogens is 2. The number of para-hydroxylation sites is 1. The molecular formula is C25H31F2N5O4. The third-order valence-corrected chi connectivity index (χ3v) is 6.88. The van der Waals surface area contributed by atoms with Crippen LogP contribution in [0.1, 0.15) is 69.4 Å². The third kappa shape index (κ3) is 5.88. The van der Waals surface area contributed by atoms with Crippen LogP contribution in [0.4, 0.5) is 14.5 Å². The largest absolute Gasteiger partial charge is 0.342 e. The van der Waals surface area contributed by atoms with Gasteiger partial charge in [0.05, 0.1) is 22.8 Å². The molecule has 0 aliphatic carbocycles. The van der Waals surface area contributed by atoms with E-state index in [0.29, 0.717) is 49.0 Å². The summed E-state index contributed by atoms with van der Waals surface area (Å²) in [4.78, 5) is 50.1. The molecule has 36 heavy (non-hydrogen) atoms. The number of hydrogen-bond acceptors (Lipinski definition) is 5. The maximum Gasteiger partial charge on any atom is 0.251 e. The van der Waals surface area contributed by atoms with Crippen molar-refractivity contribution in [1.82, 2.24) is 20.0 Å². The molecule has 2 aromatic rings. The first kappa shape index (κ1) is 25.7. The minimum Gasteiger partial charge on any atom is -0.342 e. The molecule has 4 rings (SSSR count). The van der Waals surface area contributed by atoms with E-state index in [4.69, 9.17) is 0 Å². The van der Waals surface area contributed by atoms with Gasteiger partial charge in [-0.3, -0.25) is 29.2 Å². The number of hydrogen-bond donors (Lipinski definition) is 2. The second kappa shape index (κ2) is 10.7. The van der Waals surface area contributed by atoms with Crippen LogP contribution in [-0.2, 0) is 26.2 Å². The van der Waals surface area contributed by atoms with Gasteiger partial charge in [-0.05, 0) is 25.3 Å². The second-order valence-corrected chi connectivity index (χ2v) is 9.56. The Morgan fingerprint density at radius 3 is 2.58 bits per heavy atom. The maximum atomic E-state index is 13.2. The number of anilines is 1. The standard InChI is InChI=1S/C25H31F2N5O4/c1-31-23-16(22(30-31)17-10-11-20(34)29-24(17)36)6-5-7-18(23)28-19(33)8-3-2-4-9-21(35)32-14-12-25(26,27)13-15-32/h5-7,17H,2-4,8-15H2,1H3,(H,28,33)(H,29,34,36). The lowest BCUT2D eigenvalue weighted by molar-refractivity contribution is -0.137. The van der Waals surface area contributed by atoms with E-state index in [1.807, 2.05) is 6.07 Å². The van der Waals surface area contributed by atoms with Gasteiger partial charge in [-0.25, -0.2) is 8.78 Å². The van der Waals surface area contributed by atoms with E-state index in [-0.39, 0.29) is 62.4 Å². The highest BCUT2D eigenvalue weighted by Gasteiger charge is 2.35. The maximum absolute atomic E-state index is 13.2. The van der Waals surface area contributed by atoms with Crippen LogP contribution in [-0.4, -0.2) is 57.3 Å². The van der Waals surface area contributed by atoms with Crippen molar-refractivity contribution < 1.29 is 28.0 Å². The summed E-state index contributed by atoms with van der Waals surface area (Å²) in [5.74, 6) is -4.12. The fourth-order valence-electron chi connectivity index (χ4n) is 4.87. The summed E-state index contributed by atoms with van der Waals surface area (Å²) in [7, 11) is 1.74. The van der Waals surface area contributed by atoms with E-state index < -0.39 is 11.8 Å². The number of nitrogens with zero attached hydrogens (tertiary/aromatic N) is 3. The van der Waals surface area contributed by atoms with Crippen molar-refractivity contribution in [1.29, 1.82) is 0 Å². The number of nitrogens with one attached hydrogen (secondary N) is 2. The molecule has 1 atom stereocenters. The van der Waals surface area contributed by atoms with Gasteiger partial charge in [0, 0.05) is 57.6 Å². The van der Waals surface area contributed by atoms with Gasteiger partial charge in [0.25, 0.3) is 5.92 Å². The number of rotatable bonds is 8. The number of imide groups is 1. The van der Waals surface area contributed by atoms with Gasteiger partial charge in [0.1, 0.15) is 0 Å². The molecule has 4 amide bonds. The summed E-state index contributed by atoms with van der Waals surface area (Å²) >= 11 is 0. The van der Waals surface area contributed by atoms with Crippen LogP contribution in [0.25, 0.3) is 10.9 Å². The van der Waals surface area contributed by atoms with Crippen LogP contribution in [0.2, 0.25) is 0 Å². The van der Waals surface area contributed by atoms with E-state index in [1.165, 1.54) is 4.90 Å². The molecule has 0 spiro atoms. The van der Waals surface area contributed by atoms with Crippen LogP contribution in [0.15, 0.2) is 18.2 Å². The summed E-state index contributed by atoms with van der Waals surface area (Å²) in [6.45, 7) is 0.193. The van der Waals surface area contributed by atoms with Gasteiger partial charge in [0.2, 0.25) is 23.6 Å². The minimum atomic E-state index is -2.67. The van der Waals surface area contributed by atoms with Crippen molar-refractivity contribution in [3.63, 3.8) is 0 Å². The normalized spacial score (nSPS) is 19.9. The molecule has 1 unspecified atom stereocenters. The topological polar surface area (TPSA) is 113 Å². The number of carbonyl (C=O) groups excluding carboxylic acids is 4. The first-order chi connectivity index (χ1) is 17.1. The molecule has 9 nitrogen and oxygen atoms in total. The number of aryl methyl sites for hydroxylation is 1. The van der Waals surface area contributed by atoms with Gasteiger partial charge in [0.15, 0.2) is 0 Å². The lowest BCUT2D eigenvalue weighted by Gasteiger charge is -2.31. The van der Waals surface area contributed by atoms with Gasteiger partial charge in [-0.1, -0.05) is 18.6 Å². The summed E-state index contributed by atoms with van der Waals surface area (Å²) < 4.78 is 28.1. The van der Waals surface area contributed by atoms with Crippen LogP contribution in [0.3, 0.4) is 0 Å². The van der Waals surface area contributed by atoms with E-state index in [0.717, 1.165) is 5.39 Å². The fourth-order valence-corrected chi connectivity index (χ4v) is 4.87. The number of alkyl halides is 2. The predicted octanol–water partition coefficient (Wildman–Crippen LogP) is 3.24. The van der Waals surface area contributed by atoms with Crippen LogP contribution < -0.4 is 10.6 Å². The van der Waals surface area contributed by atoms with Gasteiger partial charge >= 0.3 is 0 Å². The number of benzene rings is 1. The number of likely N-dealkylation sites (tertiary alicyclic amines) is 1. The third-order valence-electron chi connectivity index (χ3n) is 6.88. The quantitative estimate of drug-likeness (QED) is 0.424. The lowest BCUT2D eigenvalue weighted by Crippen LogP contribution is -2.42. The number of piperidine rings is 2. The number of amides is 4. The number of unbranched alkanes of at least 4 members (excludes halogenated alkanes) is 2. The van der Waals surface area contributed by atoms with E-state index in [2.05, 4.69) is 15.7 Å². The Morgan fingerprint density at radius 2 is 1.86 bits per heavy atom. The Labute approximate surface area is 207 Å². The molecule has 3 heterocycles. The Balaban J connectivity index is 1.27. The van der Waals surface area contributed by atoms with Crippen molar-refractivity contribution in [2.24, 2.45) is 7.05 Å². The van der Waals surface area contributed by atoms with Gasteiger partial charge in [-0.2, -0.15) is 5.10 Å². The van der Waals surface area contributed by atoms with Crippen molar-refractivity contribution in [2.45, 2.75) is 69.6 Å². The molecular weight excluding hydrogens is 472 g/mol. The zero-order valence-electron chi connectivity index (χ0n) is 20.3. The van der Waals surface area contributed by atoms with Crippen LogP contribution in [0.5, 0.6) is 0 Å². The molecule has 0 radical (unpaired) electrons. The molecule has 11 heteroatoms. The highest BCUT2D eigenvalue weighted by molar-refractivity contribution is 6.05. The predicted molar refractivity (Wildman–Crippen MR) is 128 cm³/mol. The highest BCUT2D eigenvalue weighted by atomic mass is 19.3. The first-order valence-corrected chi connectivity index (χ1v) is 12.4. The molecule has 2 fully saturated rings. The molecule has 0 saturated carbocycles. The van der Waals surface area contributed by atoms with Gasteiger partial charge < -0.3 is 10.2 Å². The molecule has 194 valence electrons. The van der Waals surface area contributed by atoms with Crippen molar-refractivity contribution >= 4 is 40.2 Å². The average Bonchev–Trinajstić information content (AvgIpc) is 3.16. The number of carbonyl (C=O) groups is 4. The zero-order valence-corrected chi connectivity index (χ0v) is 20.3. The van der Waals surface area contributed by atoms with E-state index in [9.17, 15) is 28.0 Å². The monoisotopic (exact) mass is 503 g/mol. The number of fused-ring (bicyclic) bond motifs is 1. The Morgan fingerprint density at radius 1 is 1.14 bits per heavy atom. The molecule has 1 aromatic heterocycles.